The van der Waals surface area contributed by atoms with E-state index < -0.39 is 10.0 Å². The molecular weight excluding hydrogens is 314 g/mol. The molecule has 1 atom stereocenters. The van der Waals surface area contributed by atoms with Gasteiger partial charge in [0, 0.05) is 11.7 Å². The third-order valence-corrected chi connectivity index (χ3v) is 5.58. The Morgan fingerprint density at radius 2 is 1.96 bits per heavy atom. The first-order chi connectivity index (χ1) is 10.9. The maximum Gasteiger partial charge on any atom is 0.241 e. The van der Waals surface area contributed by atoms with Crippen LogP contribution < -0.4 is 10.0 Å². The van der Waals surface area contributed by atoms with Crippen LogP contribution in [-0.2, 0) is 21.2 Å². The van der Waals surface area contributed by atoms with Gasteiger partial charge in [-0.2, -0.15) is 0 Å². The van der Waals surface area contributed by atoms with Gasteiger partial charge in [-0.3, -0.25) is 9.69 Å². The van der Waals surface area contributed by atoms with E-state index >= 15 is 0 Å². The lowest BCUT2D eigenvalue weighted by atomic mass is 10.1. The van der Waals surface area contributed by atoms with E-state index in [0.29, 0.717) is 13.0 Å². The zero-order valence-corrected chi connectivity index (χ0v) is 14.2. The molecule has 1 unspecified atom stereocenters. The minimum atomic E-state index is -3.71. The summed E-state index contributed by atoms with van der Waals surface area (Å²) in [6, 6.07) is 4.81. The van der Waals surface area contributed by atoms with E-state index in [1.807, 2.05) is 6.92 Å². The standard InChI is InChI=1S/C16H23N3O3S/c1-12-9-13-10-14(23(17,21)22)5-6-15(13)19(12)16(20)11-18-7-3-2-4-8-18/h5-6,10,12H,2-4,7-9,11H2,1H3,(H2,17,21,22). The molecule has 1 saturated heterocycles. The van der Waals surface area contributed by atoms with Crippen LogP contribution in [0.2, 0.25) is 0 Å². The largest absolute Gasteiger partial charge is 0.308 e. The first-order valence-corrected chi connectivity index (χ1v) is 9.61. The number of hydrogen-bond donors (Lipinski definition) is 1. The molecule has 6 nitrogen and oxygen atoms in total. The fourth-order valence-corrected chi connectivity index (χ4v) is 4.11. The summed E-state index contributed by atoms with van der Waals surface area (Å²) in [6.45, 7) is 4.38. The fraction of sp³-hybridized carbons (Fsp3) is 0.562. The molecule has 3 rings (SSSR count). The molecule has 7 heteroatoms. The minimum Gasteiger partial charge on any atom is -0.308 e. The number of rotatable bonds is 3. The van der Waals surface area contributed by atoms with Crippen LogP contribution in [0.4, 0.5) is 5.69 Å². The molecule has 126 valence electrons. The normalized spacial score (nSPS) is 22.2. The lowest BCUT2D eigenvalue weighted by molar-refractivity contribution is -0.120. The van der Waals surface area contributed by atoms with Gasteiger partial charge in [0.05, 0.1) is 11.4 Å². The number of anilines is 1. The average molecular weight is 337 g/mol. The molecule has 0 spiro atoms. The van der Waals surface area contributed by atoms with E-state index in [-0.39, 0.29) is 16.8 Å². The number of piperidine rings is 1. The highest BCUT2D eigenvalue weighted by molar-refractivity contribution is 7.89. The first kappa shape index (κ1) is 16.4. The van der Waals surface area contributed by atoms with E-state index in [2.05, 4.69) is 4.90 Å². The van der Waals surface area contributed by atoms with Crippen molar-refractivity contribution in [2.24, 2.45) is 5.14 Å². The molecule has 0 saturated carbocycles. The van der Waals surface area contributed by atoms with Gasteiger partial charge in [0.25, 0.3) is 0 Å². The second-order valence-electron chi connectivity index (χ2n) is 6.49. The highest BCUT2D eigenvalue weighted by atomic mass is 32.2. The summed E-state index contributed by atoms with van der Waals surface area (Å²) in [5.74, 6) is 0.0847. The molecular formula is C16H23N3O3S. The SMILES string of the molecule is CC1Cc2cc(S(N)(=O)=O)ccc2N1C(=O)CN1CCCCC1. The number of primary sulfonamides is 1. The summed E-state index contributed by atoms with van der Waals surface area (Å²) in [7, 11) is -3.71. The summed E-state index contributed by atoms with van der Waals surface area (Å²) in [5, 5.41) is 5.19. The molecule has 2 aliphatic rings. The lowest BCUT2D eigenvalue weighted by Gasteiger charge is -2.29. The lowest BCUT2D eigenvalue weighted by Crippen LogP contribution is -2.44. The van der Waals surface area contributed by atoms with Crippen molar-refractivity contribution in [1.82, 2.24) is 4.90 Å². The van der Waals surface area contributed by atoms with Crippen LogP contribution in [0, 0.1) is 0 Å². The molecule has 0 bridgehead atoms. The van der Waals surface area contributed by atoms with E-state index in [0.717, 1.165) is 37.2 Å². The molecule has 2 heterocycles. The van der Waals surface area contributed by atoms with E-state index in [1.165, 1.54) is 12.5 Å². The molecule has 1 fully saturated rings. The molecule has 0 aromatic heterocycles. The number of fused-ring (bicyclic) bond motifs is 1. The van der Waals surface area contributed by atoms with Gasteiger partial charge in [0.1, 0.15) is 0 Å². The molecule has 2 aliphatic heterocycles. The Bertz CT molecular complexity index is 711. The Hall–Kier alpha value is -1.44. The van der Waals surface area contributed by atoms with Crippen LogP contribution in [-0.4, -0.2) is 44.9 Å². The number of carbonyl (C=O) groups is 1. The first-order valence-electron chi connectivity index (χ1n) is 8.06. The predicted molar refractivity (Wildman–Crippen MR) is 88.8 cm³/mol. The summed E-state index contributed by atoms with van der Waals surface area (Å²) in [6.07, 6.45) is 4.20. The average Bonchev–Trinajstić information content (AvgIpc) is 2.82. The van der Waals surface area contributed by atoms with E-state index in [4.69, 9.17) is 5.14 Å². The third-order valence-electron chi connectivity index (χ3n) is 4.67. The Kier molecular flexibility index (Phi) is 4.44. The highest BCUT2D eigenvalue weighted by Crippen LogP contribution is 2.33. The summed E-state index contributed by atoms with van der Waals surface area (Å²) < 4.78 is 23.0. The maximum atomic E-state index is 12.7. The number of nitrogens with zero attached hydrogens (tertiary/aromatic N) is 2. The van der Waals surface area contributed by atoms with Gasteiger partial charge in [-0.25, -0.2) is 13.6 Å². The van der Waals surface area contributed by atoms with Crippen LogP contribution in [0.15, 0.2) is 23.1 Å². The van der Waals surface area contributed by atoms with Gasteiger partial charge in [-0.05, 0) is 63.0 Å². The van der Waals surface area contributed by atoms with Crippen molar-refractivity contribution in [2.45, 2.75) is 43.5 Å². The van der Waals surface area contributed by atoms with Crippen molar-refractivity contribution in [1.29, 1.82) is 0 Å². The third kappa shape index (κ3) is 3.41. The quantitative estimate of drug-likeness (QED) is 0.895. The van der Waals surface area contributed by atoms with Crippen LogP contribution >= 0.6 is 0 Å². The zero-order valence-electron chi connectivity index (χ0n) is 13.4. The number of carbonyl (C=O) groups excluding carboxylic acids is 1. The summed E-state index contributed by atoms with van der Waals surface area (Å²) >= 11 is 0. The minimum absolute atomic E-state index is 0.0398. The van der Waals surface area contributed by atoms with Gasteiger partial charge in [0.15, 0.2) is 0 Å². The molecule has 23 heavy (non-hydrogen) atoms. The topological polar surface area (TPSA) is 83.7 Å². The van der Waals surface area contributed by atoms with Gasteiger partial charge in [0.2, 0.25) is 15.9 Å². The molecule has 2 N–H and O–H groups in total. The summed E-state index contributed by atoms with van der Waals surface area (Å²) in [4.78, 5) is 16.8. The fourth-order valence-electron chi connectivity index (χ4n) is 3.55. The highest BCUT2D eigenvalue weighted by Gasteiger charge is 2.32. The van der Waals surface area contributed by atoms with Crippen LogP contribution in [0.1, 0.15) is 31.7 Å². The molecule has 1 aromatic rings. The van der Waals surface area contributed by atoms with Crippen molar-refractivity contribution >= 4 is 21.6 Å². The Balaban J connectivity index is 1.81. The summed E-state index contributed by atoms with van der Waals surface area (Å²) in [5.41, 5.74) is 1.68. The molecule has 0 radical (unpaired) electrons. The van der Waals surface area contributed by atoms with Gasteiger partial charge in [-0.15, -0.1) is 0 Å². The van der Waals surface area contributed by atoms with Gasteiger partial charge < -0.3 is 4.90 Å². The zero-order chi connectivity index (χ0) is 16.6. The maximum absolute atomic E-state index is 12.7. The Morgan fingerprint density at radius 1 is 1.26 bits per heavy atom. The predicted octanol–water partition coefficient (Wildman–Crippen LogP) is 1.10. The molecule has 1 aromatic carbocycles. The smallest absolute Gasteiger partial charge is 0.241 e. The van der Waals surface area contributed by atoms with Crippen molar-refractivity contribution in [2.75, 3.05) is 24.5 Å². The number of amides is 1. The van der Waals surface area contributed by atoms with Gasteiger partial charge in [-0.1, -0.05) is 6.42 Å². The number of benzene rings is 1. The van der Waals surface area contributed by atoms with Crippen LogP contribution in [0.5, 0.6) is 0 Å². The Morgan fingerprint density at radius 3 is 2.61 bits per heavy atom. The number of sulfonamides is 1. The number of nitrogens with two attached hydrogens (primary N) is 1. The van der Waals surface area contributed by atoms with E-state index in [9.17, 15) is 13.2 Å². The Labute approximate surface area is 137 Å². The van der Waals surface area contributed by atoms with Crippen molar-refractivity contribution in [3.8, 4) is 0 Å². The van der Waals surface area contributed by atoms with Crippen molar-refractivity contribution in [3.05, 3.63) is 23.8 Å². The molecule has 0 aliphatic carbocycles. The monoisotopic (exact) mass is 337 g/mol. The second-order valence-corrected chi connectivity index (χ2v) is 8.05. The van der Waals surface area contributed by atoms with Crippen LogP contribution in [0.3, 0.4) is 0 Å². The van der Waals surface area contributed by atoms with Crippen molar-refractivity contribution in [3.63, 3.8) is 0 Å². The van der Waals surface area contributed by atoms with Crippen LogP contribution in [0.25, 0.3) is 0 Å². The second kappa shape index (κ2) is 6.22. The number of hydrogen-bond acceptors (Lipinski definition) is 4. The van der Waals surface area contributed by atoms with E-state index in [1.54, 1.807) is 17.0 Å². The van der Waals surface area contributed by atoms with Crippen molar-refractivity contribution < 1.29 is 13.2 Å². The molecule has 1 amide bonds. The van der Waals surface area contributed by atoms with Gasteiger partial charge >= 0.3 is 0 Å². The number of likely N-dealkylation sites (tertiary alicyclic amines) is 1.